The number of nitrogens with one attached hydrogen (secondary N) is 2. The van der Waals surface area contributed by atoms with Gasteiger partial charge < -0.3 is 15.0 Å². The number of aromatic amines is 1. The zero-order valence-corrected chi connectivity index (χ0v) is 18.1. The molecular formula is C24H30N4O3. The summed E-state index contributed by atoms with van der Waals surface area (Å²) in [4.78, 5) is 33.9. The van der Waals surface area contributed by atoms with Crippen LogP contribution in [0.3, 0.4) is 0 Å². The number of rotatable bonds is 11. The highest BCUT2D eigenvalue weighted by Gasteiger charge is 2.17. The molecule has 0 radical (unpaired) electrons. The van der Waals surface area contributed by atoms with Crippen LogP contribution in [-0.4, -0.2) is 53.1 Å². The van der Waals surface area contributed by atoms with E-state index in [-0.39, 0.29) is 30.7 Å². The van der Waals surface area contributed by atoms with E-state index in [4.69, 9.17) is 4.74 Å². The summed E-state index contributed by atoms with van der Waals surface area (Å²) in [6.07, 6.45) is 0.867. The third kappa shape index (κ3) is 6.47. The lowest BCUT2D eigenvalue weighted by atomic mass is 10.0. The molecule has 0 saturated carbocycles. The molecule has 31 heavy (non-hydrogen) atoms. The Morgan fingerprint density at radius 3 is 2.55 bits per heavy atom. The molecular weight excluding hydrogens is 392 g/mol. The minimum atomic E-state index is -0.211. The number of para-hydroxylation sites is 1. The van der Waals surface area contributed by atoms with Crippen molar-refractivity contribution in [3.05, 3.63) is 76.3 Å². The molecule has 2 aromatic carbocycles. The average Bonchev–Trinajstić information content (AvgIpc) is 2.79. The summed E-state index contributed by atoms with van der Waals surface area (Å²) in [5.41, 5.74) is 1.64. The number of hydrogen-bond acceptors (Lipinski definition) is 5. The lowest BCUT2D eigenvalue weighted by Crippen LogP contribution is -2.45. The van der Waals surface area contributed by atoms with Crippen molar-refractivity contribution in [1.82, 2.24) is 20.2 Å². The zero-order chi connectivity index (χ0) is 22.1. The van der Waals surface area contributed by atoms with Gasteiger partial charge in [0.15, 0.2) is 0 Å². The molecule has 1 amide bonds. The molecule has 2 N–H and O–H groups in total. The molecule has 3 rings (SSSR count). The Morgan fingerprint density at radius 1 is 1.10 bits per heavy atom. The van der Waals surface area contributed by atoms with Crippen molar-refractivity contribution in [3.8, 4) is 0 Å². The quantitative estimate of drug-likeness (QED) is 0.496. The number of carbonyl (C=O) groups is 1. The van der Waals surface area contributed by atoms with Gasteiger partial charge in [0.2, 0.25) is 5.91 Å². The summed E-state index contributed by atoms with van der Waals surface area (Å²) < 4.78 is 5.49. The van der Waals surface area contributed by atoms with Crippen molar-refractivity contribution >= 4 is 16.8 Å². The van der Waals surface area contributed by atoms with Crippen LogP contribution in [0.15, 0.2) is 59.4 Å². The molecule has 7 heteroatoms. The standard InChI is InChI=1S/C24H30N4O3/c1-3-28(4-2)19(14-18-10-6-5-7-11-18)15-25-23(29)17-31-16-22-26-21-13-9-8-12-20(21)24(30)27-22/h5-13,19H,3-4,14-17H2,1-2H3,(H,25,29)(H,26,27,30). The minimum Gasteiger partial charge on any atom is -0.364 e. The third-order valence-electron chi connectivity index (χ3n) is 5.31. The van der Waals surface area contributed by atoms with Gasteiger partial charge in [0, 0.05) is 12.6 Å². The second kappa shape index (κ2) is 11.4. The van der Waals surface area contributed by atoms with Gasteiger partial charge in [-0.1, -0.05) is 56.3 Å². The third-order valence-corrected chi connectivity index (χ3v) is 5.31. The molecule has 0 fully saturated rings. The van der Waals surface area contributed by atoms with Crippen LogP contribution in [0, 0.1) is 0 Å². The van der Waals surface area contributed by atoms with Crippen LogP contribution in [0.2, 0.25) is 0 Å². The predicted octanol–water partition coefficient (Wildman–Crippen LogP) is 2.51. The topological polar surface area (TPSA) is 87.3 Å². The number of hydrogen-bond donors (Lipinski definition) is 2. The molecule has 1 atom stereocenters. The maximum absolute atomic E-state index is 12.3. The van der Waals surface area contributed by atoms with Gasteiger partial charge in [-0.2, -0.15) is 0 Å². The van der Waals surface area contributed by atoms with Crippen molar-refractivity contribution < 1.29 is 9.53 Å². The van der Waals surface area contributed by atoms with Crippen molar-refractivity contribution in [2.24, 2.45) is 0 Å². The van der Waals surface area contributed by atoms with E-state index < -0.39 is 0 Å². The van der Waals surface area contributed by atoms with Crippen molar-refractivity contribution in [2.45, 2.75) is 32.9 Å². The van der Waals surface area contributed by atoms with Crippen LogP contribution < -0.4 is 10.9 Å². The highest BCUT2D eigenvalue weighted by Crippen LogP contribution is 2.09. The van der Waals surface area contributed by atoms with Crippen LogP contribution in [-0.2, 0) is 22.6 Å². The van der Waals surface area contributed by atoms with Gasteiger partial charge >= 0.3 is 0 Å². The number of H-pyrrole nitrogens is 1. The van der Waals surface area contributed by atoms with Gasteiger partial charge in [-0.15, -0.1) is 0 Å². The van der Waals surface area contributed by atoms with Crippen molar-refractivity contribution in [2.75, 3.05) is 26.2 Å². The number of ether oxygens (including phenoxy) is 1. The molecule has 0 spiro atoms. The van der Waals surface area contributed by atoms with Crippen LogP contribution in [0.5, 0.6) is 0 Å². The van der Waals surface area contributed by atoms with E-state index in [1.807, 2.05) is 24.3 Å². The Labute approximate surface area is 182 Å². The lowest BCUT2D eigenvalue weighted by molar-refractivity contribution is -0.126. The molecule has 0 aliphatic carbocycles. The van der Waals surface area contributed by atoms with E-state index in [0.29, 0.717) is 23.3 Å². The molecule has 164 valence electrons. The first-order chi connectivity index (χ1) is 15.1. The molecule has 0 saturated heterocycles. The van der Waals surface area contributed by atoms with Gasteiger partial charge in [0.25, 0.3) is 5.56 Å². The fourth-order valence-corrected chi connectivity index (χ4v) is 3.68. The zero-order valence-electron chi connectivity index (χ0n) is 18.1. The number of fused-ring (bicyclic) bond motifs is 1. The number of likely N-dealkylation sites (N-methyl/N-ethyl adjacent to an activating group) is 1. The first kappa shape index (κ1) is 22.7. The molecule has 1 heterocycles. The van der Waals surface area contributed by atoms with Crippen LogP contribution in [0.4, 0.5) is 0 Å². The van der Waals surface area contributed by atoms with Gasteiger partial charge in [0.05, 0.1) is 10.9 Å². The van der Waals surface area contributed by atoms with E-state index in [0.717, 1.165) is 19.5 Å². The number of nitrogens with zero attached hydrogens (tertiary/aromatic N) is 2. The number of aromatic nitrogens is 2. The number of benzene rings is 2. The predicted molar refractivity (Wildman–Crippen MR) is 122 cm³/mol. The summed E-state index contributed by atoms with van der Waals surface area (Å²) in [6.45, 7) is 6.61. The Hall–Kier alpha value is -3.03. The number of carbonyl (C=O) groups excluding carboxylic acids is 1. The van der Waals surface area contributed by atoms with Crippen LogP contribution in [0.25, 0.3) is 10.9 Å². The Bertz CT molecular complexity index is 1030. The highest BCUT2D eigenvalue weighted by molar-refractivity contribution is 5.77. The van der Waals surface area contributed by atoms with Gasteiger partial charge in [-0.25, -0.2) is 4.98 Å². The van der Waals surface area contributed by atoms with E-state index in [2.05, 4.69) is 46.2 Å². The van der Waals surface area contributed by atoms with Crippen LogP contribution in [0.1, 0.15) is 25.2 Å². The first-order valence-electron chi connectivity index (χ1n) is 10.7. The summed E-state index contributed by atoms with van der Waals surface area (Å²) in [5.74, 6) is 0.218. The van der Waals surface area contributed by atoms with Gasteiger partial charge in [0.1, 0.15) is 19.0 Å². The summed E-state index contributed by atoms with van der Waals surface area (Å²) in [7, 11) is 0. The Morgan fingerprint density at radius 2 is 1.81 bits per heavy atom. The molecule has 7 nitrogen and oxygen atoms in total. The monoisotopic (exact) mass is 422 g/mol. The fourth-order valence-electron chi connectivity index (χ4n) is 3.68. The maximum Gasteiger partial charge on any atom is 0.258 e. The molecule has 0 bridgehead atoms. The number of amides is 1. The molecule has 1 aromatic heterocycles. The Balaban J connectivity index is 1.51. The largest absolute Gasteiger partial charge is 0.364 e. The van der Waals surface area contributed by atoms with E-state index in [1.165, 1.54) is 5.56 Å². The van der Waals surface area contributed by atoms with E-state index >= 15 is 0 Å². The second-order valence-electron chi connectivity index (χ2n) is 7.39. The van der Waals surface area contributed by atoms with Gasteiger partial charge in [-0.05, 0) is 37.2 Å². The van der Waals surface area contributed by atoms with E-state index in [1.54, 1.807) is 18.2 Å². The van der Waals surface area contributed by atoms with Crippen LogP contribution >= 0.6 is 0 Å². The fraction of sp³-hybridized carbons (Fsp3) is 0.375. The molecule has 3 aromatic rings. The maximum atomic E-state index is 12.3. The van der Waals surface area contributed by atoms with Crippen molar-refractivity contribution in [1.29, 1.82) is 0 Å². The normalized spacial score (nSPS) is 12.2. The summed E-state index contributed by atoms with van der Waals surface area (Å²) in [5, 5.41) is 3.51. The average molecular weight is 423 g/mol. The summed E-state index contributed by atoms with van der Waals surface area (Å²) in [6, 6.07) is 17.6. The summed E-state index contributed by atoms with van der Waals surface area (Å²) >= 11 is 0. The lowest BCUT2D eigenvalue weighted by Gasteiger charge is -2.30. The smallest absolute Gasteiger partial charge is 0.258 e. The van der Waals surface area contributed by atoms with Crippen molar-refractivity contribution in [3.63, 3.8) is 0 Å². The Kier molecular flexibility index (Phi) is 8.32. The SMILES string of the molecule is CCN(CC)C(CNC(=O)COCc1nc2ccccc2c(=O)[nH]1)Cc1ccccc1. The van der Waals surface area contributed by atoms with E-state index in [9.17, 15) is 9.59 Å². The molecule has 0 aliphatic rings. The molecule has 0 aliphatic heterocycles. The molecule has 1 unspecified atom stereocenters. The second-order valence-corrected chi connectivity index (χ2v) is 7.39. The highest BCUT2D eigenvalue weighted by atomic mass is 16.5. The van der Waals surface area contributed by atoms with Gasteiger partial charge in [-0.3, -0.25) is 14.5 Å². The first-order valence-corrected chi connectivity index (χ1v) is 10.7. The minimum absolute atomic E-state index is 0.0665.